The fourth-order valence-electron chi connectivity index (χ4n) is 2.94. The van der Waals surface area contributed by atoms with Crippen LogP contribution >= 0.6 is 0 Å². The predicted octanol–water partition coefficient (Wildman–Crippen LogP) is 3.08. The lowest BCUT2D eigenvalue weighted by Crippen LogP contribution is -2.42. The van der Waals surface area contributed by atoms with Crippen LogP contribution in [-0.4, -0.2) is 22.9 Å². The van der Waals surface area contributed by atoms with Crippen molar-refractivity contribution in [1.82, 2.24) is 4.90 Å². The number of rotatable bonds is 3. The molecule has 3 heteroatoms. The van der Waals surface area contributed by atoms with E-state index in [0.717, 1.165) is 24.8 Å². The van der Waals surface area contributed by atoms with Crippen molar-refractivity contribution in [1.29, 1.82) is 5.26 Å². The normalized spacial score (nSPS) is 23.9. The molecule has 3 unspecified atom stereocenters. The summed E-state index contributed by atoms with van der Waals surface area (Å²) in [5.74, 6) is -0.707. The summed E-state index contributed by atoms with van der Waals surface area (Å²) >= 11 is 0. The standard InChI is InChI=1S/C16H20N2O/c1-3-14-10-9-12(2)18(14)16(19)15(11-17)13-7-5-4-6-8-13/h4-8,12,14-15H,3,9-10H2,1-2H3. The molecule has 1 aromatic rings. The van der Waals surface area contributed by atoms with Crippen molar-refractivity contribution in [2.45, 2.75) is 51.1 Å². The second-order valence-corrected chi connectivity index (χ2v) is 5.21. The molecule has 0 saturated carbocycles. The molecule has 0 N–H and O–H groups in total. The second kappa shape index (κ2) is 5.88. The summed E-state index contributed by atoms with van der Waals surface area (Å²) in [5, 5.41) is 9.36. The highest BCUT2D eigenvalue weighted by molar-refractivity contribution is 5.87. The fourth-order valence-corrected chi connectivity index (χ4v) is 2.94. The molecule has 2 rings (SSSR count). The molecule has 0 aromatic heterocycles. The highest BCUT2D eigenvalue weighted by Crippen LogP contribution is 2.30. The van der Waals surface area contributed by atoms with Gasteiger partial charge in [-0.1, -0.05) is 37.3 Å². The largest absolute Gasteiger partial charge is 0.336 e. The van der Waals surface area contributed by atoms with E-state index >= 15 is 0 Å². The maximum Gasteiger partial charge on any atom is 0.244 e. The van der Waals surface area contributed by atoms with Crippen LogP contribution < -0.4 is 0 Å². The lowest BCUT2D eigenvalue weighted by Gasteiger charge is -2.29. The number of carbonyl (C=O) groups is 1. The number of likely N-dealkylation sites (tertiary alicyclic amines) is 1. The molecular weight excluding hydrogens is 236 g/mol. The zero-order chi connectivity index (χ0) is 13.8. The Morgan fingerprint density at radius 2 is 2.11 bits per heavy atom. The molecule has 19 heavy (non-hydrogen) atoms. The van der Waals surface area contributed by atoms with E-state index in [-0.39, 0.29) is 11.9 Å². The van der Waals surface area contributed by atoms with Crippen molar-refractivity contribution >= 4 is 5.91 Å². The minimum Gasteiger partial charge on any atom is -0.336 e. The van der Waals surface area contributed by atoms with E-state index in [4.69, 9.17) is 0 Å². The molecule has 0 bridgehead atoms. The quantitative estimate of drug-likeness (QED) is 0.834. The first-order chi connectivity index (χ1) is 9.19. The summed E-state index contributed by atoms with van der Waals surface area (Å²) in [6.45, 7) is 4.18. The van der Waals surface area contributed by atoms with Crippen molar-refractivity contribution in [2.75, 3.05) is 0 Å². The van der Waals surface area contributed by atoms with Gasteiger partial charge in [0, 0.05) is 12.1 Å². The predicted molar refractivity (Wildman–Crippen MR) is 74.4 cm³/mol. The van der Waals surface area contributed by atoms with Crippen LogP contribution in [0.25, 0.3) is 0 Å². The molecule has 1 heterocycles. The van der Waals surface area contributed by atoms with Crippen molar-refractivity contribution in [3.63, 3.8) is 0 Å². The minimum atomic E-state index is -0.671. The fraction of sp³-hybridized carbons (Fsp3) is 0.500. The molecule has 1 fully saturated rings. The molecule has 0 spiro atoms. The van der Waals surface area contributed by atoms with E-state index in [1.165, 1.54) is 0 Å². The molecule has 1 aromatic carbocycles. The van der Waals surface area contributed by atoms with Crippen molar-refractivity contribution in [3.8, 4) is 6.07 Å². The lowest BCUT2D eigenvalue weighted by molar-refractivity contribution is -0.134. The molecule has 0 aliphatic carbocycles. The van der Waals surface area contributed by atoms with Gasteiger partial charge in [0.05, 0.1) is 6.07 Å². The van der Waals surface area contributed by atoms with E-state index in [0.29, 0.717) is 6.04 Å². The van der Waals surface area contributed by atoms with E-state index in [1.54, 1.807) is 0 Å². The smallest absolute Gasteiger partial charge is 0.244 e. The molecule has 0 radical (unpaired) electrons. The Bertz CT molecular complexity index is 477. The van der Waals surface area contributed by atoms with Gasteiger partial charge in [-0.15, -0.1) is 0 Å². The molecule has 1 saturated heterocycles. The van der Waals surface area contributed by atoms with Gasteiger partial charge < -0.3 is 4.90 Å². The lowest BCUT2D eigenvalue weighted by atomic mass is 9.98. The molecule has 3 atom stereocenters. The maximum absolute atomic E-state index is 12.7. The van der Waals surface area contributed by atoms with Gasteiger partial charge in [0.15, 0.2) is 0 Å². The number of amides is 1. The Morgan fingerprint density at radius 1 is 1.42 bits per heavy atom. The van der Waals surface area contributed by atoms with Crippen LogP contribution in [0.2, 0.25) is 0 Å². The molecular formula is C16H20N2O. The van der Waals surface area contributed by atoms with Gasteiger partial charge in [0.25, 0.3) is 0 Å². The highest BCUT2D eigenvalue weighted by atomic mass is 16.2. The Balaban J connectivity index is 2.24. The average molecular weight is 256 g/mol. The first-order valence-electron chi connectivity index (χ1n) is 6.95. The third-order valence-electron chi connectivity index (χ3n) is 4.02. The molecule has 3 nitrogen and oxygen atoms in total. The Labute approximate surface area is 114 Å². The van der Waals surface area contributed by atoms with Crippen molar-refractivity contribution in [3.05, 3.63) is 35.9 Å². The molecule has 1 amide bonds. The van der Waals surface area contributed by atoms with Crippen LogP contribution in [-0.2, 0) is 4.79 Å². The Hall–Kier alpha value is -1.82. The zero-order valence-corrected chi connectivity index (χ0v) is 11.5. The number of hydrogen-bond acceptors (Lipinski definition) is 2. The molecule has 1 aliphatic heterocycles. The van der Waals surface area contributed by atoms with Gasteiger partial charge in [-0.05, 0) is 31.7 Å². The molecule has 1 aliphatic rings. The Morgan fingerprint density at radius 3 is 2.68 bits per heavy atom. The van der Waals surface area contributed by atoms with Gasteiger partial charge in [-0.2, -0.15) is 5.26 Å². The molecule has 100 valence electrons. The third kappa shape index (κ3) is 2.63. The highest BCUT2D eigenvalue weighted by Gasteiger charge is 2.37. The van der Waals surface area contributed by atoms with Crippen LogP contribution in [0.1, 0.15) is 44.6 Å². The number of hydrogen-bond donors (Lipinski definition) is 0. The second-order valence-electron chi connectivity index (χ2n) is 5.21. The van der Waals surface area contributed by atoms with Gasteiger partial charge in [-0.3, -0.25) is 4.79 Å². The van der Waals surface area contributed by atoms with E-state index < -0.39 is 5.92 Å². The summed E-state index contributed by atoms with van der Waals surface area (Å²) in [6, 6.07) is 12.1. The third-order valence-corrected chi connectivity index (χ3v) is 4.02. The summed E-state index contributed by atoms with van der Waals surface area (Å²) in [4.78, 5) is 14.6. The van der Waals surface area contributed by atoms with Gasteiger partial charge >= 0.3 is 0 Å². The topological polar surface area (TPSA) is 44.1 Å². The van der Waals surface area contributed by atoms with Gasteiger partial charge in [0.2, 0.25) is 5.91 Å². The van der Waals surface area contributed by atoms with Crippen LogP contribution in [0.3, 0.4) is 0 Å². The van der Waals surface area contributed by atoms with Crippen molar-refractivity contribution < 1.29 is 4.79 Å². The van der Waals surface area contributed by atoms with Crippen LogP contribution in [0.4, 0.5) is 0 Å². The first-order valence-corrected chi connectivity index (χ1v) is 6.95. The summed E-state index contributed by atoms with van der Waals surface area (Å²) in [6.07, 6.45) is 3.05. The Kier molecular flexibility index (Phi) is 4.21. The average Bonchev–Trinajstić information content (AvgIpc) is 2.81. The monoisotopic (exact) mass is 256 g/mol. The van der Waals surface area contributed by atoms with E-state index in [1.807, 2.05) is 35.2 Å². The number of benzene rings is 1. The van der Waals surface area contributed by atoms with Gasteiger partial charge in [-0.25, -0.2) is 0 Å². The summed E-state index contributed by atoms with van der Waals surface area (Å²) < 4.78 is 0. The number of nitriles is 1. The summed E-state index contributed by atoms with van der Waals surface area (Å²) in [5.41, 5.74) is 0.795. The van der Waals surface area contributed by atoms with E-state index in [2.05, 4.69) is 19.9 Å². The van der Waals surface area contributed by atoms with Crippen LogP contribution in [0.15, 0.2) is 30.3 Å². The van der Waals surface area contributed by atoms with E-state index in [9.17, 15) is 10.1 Å². The number of carbonyl (C=O) groups excluding carboxylic acids is 1. The van der Waals surface area contributed by atoms with Gasteiger partial charge in [0.1, 0.15) is 5.92 Å². The van der Waals surface area contributed by atoms with Crippen molar-refractivity contribution in [2.24, 2.45) is 0 Å². The SMILES string of the molecule is CCC1CCC(C)N1C(=O)C(C#N)c1ccccc1. The minimum absolute atomic E-state index is 0.0365. The first kappa shape index (κ1) is 13.6. The maximum atomic E-state index is 12.7. The summed E-state index contributed by atoms with van der Waals surface area (Å²) in [7, 11) is 0. The van der Waals surface area contributed by atoms with Crippen LogP contribution in [0.5, 0.6) is 0 Å². The van der Waals surface area contributed by atoms with Crippen LogP contribution in [0, 0.1) is 11.3 Å². The zero-order valence-electron chi connectivity index (χ0n) is 11.5. The number of nitrogens with zero attached hydrogens (tertiary/aromatic N) is 2.